The molecule has 0 radical (unpaired) electrons. The molecule has 1 fully saturated rings. The Morgan fingerprint density at radius 3 is 2.91 bits per heavy atom. The molecule has 22 heavy (non-hydrogen) atoms. The highest BCUT2D eigenvalue weighted by molar-refractivity contribution is 5.76. The van der Waals surface area contributed by atoms with E-state index in [0.717, 1.165) is 18.7 Å². The molecule has 0 N–H and O–H groups in total. The Balaban J connectivity index is 1.79. The van der Waals surface area contributed by atoms with Gasteiger partial charge in [-0.2, -0.15) is 13.2 Å². The second-order valence-corrected chi connectivity index (χ2v) is 5.44. The van der Waals surface area contributed by atoms with Gasteiger partial charge in [-0.15, -0.1) is 0 Å². The number of imidazole rings is 1. The molecule has 1 atom stereocenters. The minimum Gasteiger partial charge on any atom is -0.372 e. The quantitative estimate of drug-likeness (QED) is 0.783. The number of hydrogen-bond donors (Lipinski definition) is 0. The van der Waals surface area contributed by atoms with Gasteiger partial charge in [0.1, 0.15) is 12.4 Å². The van der Waals surface area contributed by atoms with Crippen LogP contribution in [0.3, 0.4) is 0 Å². The van der Waals surface area contributed by atoms with Crippen molar-refractivity contribution in [3.05, 3.63) is 18.2 Å². The van der Waals surface area contributed by atoms with Gasteiger partial charge in [-0.1, -0.05) is 0 Å². The van der Waals surface area contributed by atoms with E-state index in [1.54, 1.807) is 11.1 Å². The molecule has 0 unspecified atom stereocenters. The Labute approximate surface area is 127 Å². The summed E-state index contributed by atoms with van der Waals surface area (Å²) >= 11 is 0. The van der Waals surface area contributed by atoms with Gasteiger partial charge in [-0.25, -0.2) is 4.98 Å². The number of carbonyl (C=O) groups is 1. The first kappa shape index (κ1) is 16.8. The van der Waals surface area contributed by atoms with Gasteiger partial charge in [0, 0.05) is 25.5 Å². The predicted octanol–water partition coefficient (Wildman–Crippen LogP) is 2.32. The summed E-state index contributed by atoms with van der Waals surface area (Å²) in [6.07, 6.45) is 1.08. The third-order valence-corrected chi connectivity index (χ3v) is 3.73. The van der Waals surface area contributed by atoms with Gasteiger partial charge in [0.05, 0.1) is 19.1 Å². The normalized spacial score (nSPS) is 19.5. The number of nitrogens with zero attached hydrogens (tertiary/aromatic N) is 3. The summed E-state index contributed by atoms with van der Waals surface area (Å²) in [7, 11) is 0. The van der Waals surface area contributed by atoms with Gasteiger partial charge < -0.3 is 14.2 Å². The number of aryl methyl sites for hydroxylation is 1. The molecule has 0 aromatic carbocycles. The summed E-state index contributed by atoms with van der Waals surface area (Å²) in [5.41, 5.74) is 0. The summed E-state index contributed by atoms with van der Waals surface area (Å²) in [6.45, 7) is 1.60. The van der Waals surface area contributed by atoms with E-state index in [0.29, 0.717) is 13.1 Å². The number of amides is 1. The first-order valence-electron chi connectivity index (χ1n) is 7.28. The highest BCUT2D eigenvalue weighted by Gasteiger charge is 2.28. The van der Waals surface area contributed by atoms with Gasteiger partial charge >= 0.3 is 6.18 Å². The van der Waals surface area contributed by atoms with Gasteiger partial charge in [0.25, 0.3) is 0 Å². The number of likely N-dealkylation sites (tertiary alicyclic amines) is 1. The van der Waals surface area contributed by atoms with Crippen molar-refractivity contribution in [3.63, 3.8) is 0 Å². The van der Waals surface area contributed by atoms with Crippen LogP contribution in [0.25, 0.3) is 0 Å². The minimum absolute atomic E-state index is 0.0221. The zero-order chi connectivity index (χ0) is 16.2. The third kappa shape index (κ3) is 4.72. The van der Waals surface area contributed by atoms with Crippen LogP contribution in [0.4, 0.5) is 13.2 Å². The first-order valence-corrected chi connectivity index (χ1v) is 7.28. The van der Waals surface area contributed by atoms with Crippen molar-refractivity contribution >= 4 is 5.91 Å². The second kappa shape index (κ2) is 7.13. The number of rotatable bonds is 5. The van der Waals surface area contributed by atoms with Crippen molar-refractivity contribution in [2.45, 2.75) is 38.4 Å². The average molecular weight is 319 g/mol. The smallest absolute Gasteiger partial charge is 0.372 e. The molecular weight excluding hydrogens is 299 g/mol. The van der Waals surface area contributed by atoms with E-state index in [-0.39, 0.29) is 25.0 Å². The molecule has 1 aliphatic heterocycles. The van der Waals surface area contributed by atoms with Crippen LogP contribution >= 0.6 is 0 Å². The lowest BCUT2D eigenvalue weighted by Gasteiger charge is -2.34. The number of piperidine rings is 1. The molecule has 0 bridgehead atoms. The molecule has 1 saturated heterocycles. The highest BCUT2D eigenvalue weighted by atomic mass is 19.4. The second-order valence-electron chi connectivity index (χ2n) is 5.44. The molecule has 0 aliphatic carbocycles. The van der Waals surface area contributed by atoms with E-state index in [1.165, 1.54) is 0 Å². The fourth-order valence-electron chi connectivity index (χ4n) is 2.69. The van der Waals surface area contributed by atoms with Crippen molar-refractivity contribution in [2.24, 2.45) is 0 Å². The molecule has 5 nitrogen and oxygen atoms in total. The van der Waals surface area contributed by atoms with Gasteiger partial charge in [-0.3, -0.25) is 4.79 Å². The number of ether oxygens (including phenoxy) is 1. The van der Waals surface area contributed by atoms with Gasteiger partial charge in [0.15, 0.2) is 0 Å². The maximum atomic E-state index is 12.1. The Hall–Kier alpha value is -1.57. The highest BCUT2D eigenvalue weighted by Crippen LogP contribution is 2.23. The molecule has 1 amide bonds. The van der Waals surface area contributed by atoms with E-state index < -0.39 is 12.8 Å². The average Bonchev–Trinajstić information content (AvgIpc) is 2.89. The lowest BCUT2D eigenvalue weighted by atomic mass is 10.0. The van der Waals surface area contributed by atoms with Crippen molar-refractivity contribution in [2.75, 3.05) is 26.3 Å². The predicted molar refractivity (Wildman–Crippen MR) is 73.3 cm³/mol. The third-order valence-electron chi connectivity index (χ3n) is 3.73. The zero-order valence-corrected chi connectivity index (χ0v) is 12.5. The van der Waals surface area contributed by atoms with Gasteiger partial charge in [0.2, 0.25) is 5.91 Å². The lowest BCUT2D eigenvalue weighted by Crippen LogP contribution is -2.41. The first-order chi connectivity index (χ1) is 10.4. The number of aromatic nitrogens is 2. The molecule has 2 heterocycles. The Morgan fingerprint density at radius 2 is 2.27 bits per heavy atom. The fourth-order valence-corrected chi connectivity index (χ4v) is 2.69. The zero-order valence-electron chi connectivity index (χ0n) is 12.5. The summed E-state index contributed by atoms with van der Waals surface area (Å²) < 4.78 is 42.4. The molecule has 2 rings (SSSR count). The topological polar surface area (TPSA) is 47.4 Å². The van der Waals surface area contributed by atoms with E-state index in [2.05, 4.69) is 9.72 Å². The number of hydrogen-bond acceptors (Lipinski definition) is 3. The van der Waals surface area contributed by atoms with E-state index in [4.69, 9.17) is 0 Å². The Bertz CT molecular complexity index is 502. The van der Waals surface area contributed by atoms with Crippen molar-refractivity contribution < 1.29 is 22.7 Å². The van der Waals surface area contributed by atoms with Crippen molar-refractivity contribution in [1.29, 1.82) is 0 Å². The molecule has 8 heteroatoms. The SMILES string of the molecule is Cc1nccn1[C@H]1CCCN(C(=O)CCOCC(F)(F)F)C1. The molecular formula is C14H20F3N3O2. The molecule has 1 aromatic rings. The summed E-state index contributed by atoms with van der Waals surface area (Å²) in [5, 5.41) is 0. The Morgan fingerprint density at radius 1 is 1.50 bits per heavy atom. The van der Waals surface area contributed by atoms with Crippen LogP contribution in [0.1, 0.15) is 31.1 Å². The van der Waals surface area contributed by atoms with E-state index in [1.807, 2.05) is 17.7 Å². The molecule has 0 spiro atoms. The van der Waals surface area contributed by atoms with Crippen molar-refractivity contribution in [3.8, 4) is 0 Å². The maximum Gasteiger partial charge on any atom is 0.411 e. The Kier molecular flexibility index (Phi) is 5.44. The van der Waals surface area contributed by atoms with E-state index in [9.17, 15) is 18.0 Å². The molecule has 124 valence electrons. The largest absolute Gasteiger partial charge is 0.411 e. The fraction of sp³-hybridized carbons (Fsp3) is 0.714. The van der Waals surface area contributed by atoms with Crippen LogP contribution in [0.5, 0.6) is 0 Å². The lowest BCUT2D eigenvalue weighted by molar-refractivity contribution is -0.175. The van der Waals surface area contributed by atoms with Crippen LogP contribution in [0.2, 0.25) is 0 Å². The van der Waals surface area contributed by atoms with E-state index >= 15 is 0 Å². The number of carbonyl (C=O) groups excluding carboxylic acids is 1. The van der Waals surface area contributed by atoms with Crippen molar-refractivity contribution in [1.82, 2.24) is 14.5 Å². The standard InChI is InChI=1S/C14H20F3N3O2/c1-11-18-5-7-20(11)12-3-2-6-19(9-12)13(21)4-8-22-10-14(15,16)17/h5,7,12H,2-4,6,8-10H2,1H3/t12-/m0/s1. The summed E-state index contributed by atoms with van der Waals surface area (Å²) in [4.78, 5) is 17.9. The van der Waals surface area contributed by atoms with Crippen LogP contribution < -0.4 is 0 Å². The van der Waals surface area contributed by atoms with Gasteiger partial charge in [-0.05, 0) is 19.8 Å². The molecule has 0 saturated carbocycles. The number of alkyl halides is 3. The molecule has 1 aliphatic rings. The van der Waals surface area contributed by atoms with Crippen LogP contribution in [0, 0.1) is 6.92 Å². The van der Waals surface area contributed by atoms with Crippen LogP contribution in [-0.2, 0) is 9.53 Å². The summed E-state index contributed by atoms with van der Waals surface area (Å²) in [6, 6.07) is 0.177. The minimum atomic E-state index is -4.35. The maximum absolute atomic E-state index is 12.1. The molecule has 1 aromatic heterocycles. The summed E-state index contributed by atoms with van der Waals surface area (Å²) in [5.74, 6) is 0.734. The monoisotopic (exact) mass is 319 g/mol. The number of halogens is 3. The van der Waals surface area contributed by atoms with Crippen LogP contribution in [0.15, 0.2) is 12.4 Å². The van der Waals surface area contributed by atoms with Crippen LogP contribution in [-0.4, -0.2) is 52.8 Å².